The molecule has 2 nitrogen and oxygen atoms in total. The fourth-order valence-corrected chi connectivity index (χ4v) is 1.34. The standard InChI is InChI=1S/C14H26O2/c1-3-5-7-8-9-10-11-12-14(15)16-13-6-4-2/h7-8H,3-6,9-13H2,1-2H3/b8-7+. The van der Waals surface area contributed by atoms with Gasteiger partial charge >= 0.3 is 5.97 Å². The molecule has 0 aromatic carbocycles. The van der Waals surface area contributed by atoms with Gasteiger partial charge in [-0.1, -0.05) is 38.8 Å². The number of hydrogen-bond donors (Lipinski definition) is 0. The number of rotatable bonds is 10. The monoisotopic (exact) mass is 226 g/mol. The number of hydrogen-bond acceptors (Lipinski definition) is 2. The Kier molecular flexibility index (Phi) is 11.7. The van der Waals surface area contributed by atoms with Crippen LogP contribution in [0, 0.1) is 0 Å². The fourth-order valence-electron chi connectivity index (χ4n) is 1.34. The van der Waals surface area contributed by atoms with Crippen LogP contribution in [-0.2, 0) is 9.53 Å². The lowest BCUT2D eigenvalue weighted by atomic mass is 10.2. The van der Waals surface area contributed by atoms with Crippen LogP contribution in [0.3, 0.4) is 0 Å². The van der Waals surface area contributed by atoms with Gasteiger partial charge in [0.05, 0.1) is 6.61 Å². The van der Waals surface area contributed by atoms with Crippen LogP contribution in [-0.4, -0.2) is 12.6 Å². The van der Waals surface area contributed by atoms with Crippen molar-refractivity contribution in [3.63, 3.8) is 0 Å². The zero-order valence-corrected chi connectivity index (χ0v) is 10.8. The Morgan fingerprint density at radius 2 is 1.75 bits per heavy atom. The zero-order chi connectivity index (χ0) is 12.1. The summed E-state index contributed by atoms with van der Waals surface area (Å²) < 4.78 is 5.07. The van der Waals surface area contributed by atoms with E-state index in [1.54, 1.807) is 0 Å². The summed E-state index contributed by atoms with van der Waals surface area (Å²) in [6, 6.07) is 0. The Balaban J connectivity index is 3.21. The van der Waals surface area contributed by atoms with E-state index in [2.05, 4.69) is 26.0 Å². The van der Waals surface area contributed by atoms with Crippen LogP contribution >= 0.6 is 0 Å². The smallest absolute Gasteiger partial charge is 0.305 e. The molecule has 0 spiro atoms. The molecule has 0 atom stereocenters. The minimum absolute atomic E-state index is 0.0361. The van der Waals surface area contributed by atoms with Crippen LogP contribution in [0.5, 0.6) is 0 Å². The largest absolute Gasteiger partial charge is 0.466 e. The van der Waals surface area contributed by atoms with E-state index in [1.807, 2.05) is 0 Å². The maximum absolute atomic E-state index is 11.2. The summed E-state index contributed by atoms with van der Waals surface area (Å²) in [5.41, 5.74) is 0. The molecule has 0 N–H and O–H groups in total. The molecule has 0 aromatic heterocycles. The highest BCUT2D eigenvalue weighted by Crippen LogP contribution is 2.03. The third-order valence-corrected chi connectivity index (χ3v) is 2.38. The van der Waals surface area contributed by atoms with E-state index in [0.717, 1.165) is 32.1 Å². The van der Waals surface area contributed by atoms with Crippen molar-refractivity contribution in [2.75, 3.05) is 6.61 Å². The van der Waals surface area contributed by atoms with Crippen LogP contribution in [0.25, 0.3) is 0 Å². The van der Waals surface area contributed by atoms with Gasteiger partial charge in [0.15, 0.2) is 0 Å². The highest BCUT2D eigenvalue weighted by Gasteiger charge is 2.00. The lowest BCUT2D eigenvalue weighted by Gasteiger charge is -2.02. The van der Waals surface area contributed by atoms with Crippen LogP contribution in [0.15, 0.2) is 12.2 Å². The average Bonchev–Trinajstić information content (AvgIpc) is 2.28. The first-order chi connectivity index (χ1) is 7.81. The molecule has 0 aromatic rings. The lowest BCUT2D eigenvalue weighted by Crippen LogP contribution is -2.05. The third kappa shape index (κ3) is 11.3. The van der Waals surface area contributed by atoms with Gasteiger partial charge in [0.2, 0.25) is 0 Å². The molecule has 0 saturated carbocycles. The second-order valence-electron chi connectivity index (χ2n) is 4.08. The van der Waals surface area contributed by atoms with E-state index in [9.17, 15) is 4.79 Å². The molecular weight excluding hydrogens is 200 g/mol. The molecule has 94 valence electrons. The summed E-state index contributed by atoms with van der Waals surface area (Å²) in [5.74, 6) is -0.0361. The summed E-state index contributed by atoms with van der Waals surface area (Å²) in [4.78, 5) is 11.2. The number of unbranched alkanes of at least 4 members (excludes halogenated alkanes) is 4. The maximum Gasteiger partial charge on any atom is 0.305 e. The maximum atomic E-state index is 11.2. The molecule has 16 heavy (non-hydrogen) atoms. The summed E-state index contributed by atoms with van der Waals surface area (Å²) in [6.07, 6.45) is 12.6. The van der Waals surface area contributed by atoms with Gasteiger partial charge in [-0.05, 0) is 32.1 Å². The molecule has 0 aliphatic heterocycles. The second-order valence-corrected chi connectivity index (χ2v) is 4.08. The predicted molar refractivity (Wildman–Crippen MR) is 68.4 cm³/mol. The van der Waals surface area contributed by atoms with Gasteiger partial charge in [-0.2, -0.15) is 0 Å². The van der Waals surface area contributed by atoms with Crippen molar-refractivity contribution < 1.29 is 9.53 Å². The Labute approximate surface area is 100 Å². The third-order valence-electron chi connectivity index (χ3n) is 2.38. The highest BCUT2D eigenvalue weighted by molar-refractivity contribution is 5.69. The Morgan fingerprint density at radius 3 is 2.44 bits per heavy atom. The quantitative estimate of drug-likeness (QED) is 0.316. The van der Waals surface area contributed by atoms with E-state index in [0.29, 0.717) is 13.0 Å². The molecule has 0 unspecified atom stereocenters. The van der Waals surface area contributed by atoms with Crippen molar-refractivity contribution in [1.82, 2.24) is 0 Å². The Bertz CT molecular complexity index is 185. The van der Waals surface area contributed by atoms with Gasteiger partial charge in [0.1, 0.15) is 0 Å². The molecule has 0 rings (SSSR count). The molecule has 0 bridgehead atoms. The summed E-state index contributed by atoms with van der Waals surface area (Å²) in [5, 5.41) is 0. The predicted octanol–water partition coefficient (Wildman–Crippen LogP) is 4.25. The van der Waals surface area contributed by atoms with E-state index in [1.165, 1.54) is 12.8 Å². The zero-order valence-electron chi connectivity index (χ0n) is 10.8. The van der Waals surface area contributed by atoms with Crippen LogP contribution < -0.4 is 0 Å². The number of allylic oxidation sites excluding steroid dienone is 2. The van der Waals surface area contributed by atoms with Crippen molar-refractivity contribution in [3.8, 4) is 0 Å². The molecular formula is C14H26O2. The van der Waals surface area contributed by atoms with Crippen LogP contribution in [0.4, 0.5) is 0 Å². The van der Waals surface area contributed by atoms with E-state index < -0.39 is 0 Å². The topological polar surface area (TPSA) is 26.3 Å². The van der Waals surface area contributed by atoms with Gasteiger partial charge in [-0.3, -0.25) is 4.79 Å². The molecule has 0 radical (unpaired) electrons. The summed E-state index contributed by atoms with van der Waals surface area (Å²) in [6.45, 7) is 4.86. The van der Waals surface area contributed by atoms with Gasteiger partial charge in [0.25, 0.3) is 0 Å². The second kappa shape index (κ2) is 12.3. The minimum atomic E-state index is -0.0361. The van der Waals surface area contributed by atoms with Gasteiger partial charge in [-0.15, -0.1) is 0 Å². The van der Waals surface area contributed by atoms with Crippen LogP contribution in [0.1, 0.15) is 65.2 Å². The summed E-state index contributed by atoms with van der Waals surface area (Å²) in [7, 11) is 0. The Morgan fingerprint density at radius 1 is 1.00 bits per heavy atom. The molecule has 2 heteroatoms. The number of carbonyl (C=O) groups excluding carboxylic acids is 1. The van der Waals surface area contributed by atoms with Crippen molar-refractivity contribution >= 4 is 5.97 Å². The first-order valence-electron chi connectivity index (χ1n) is 6.61. The van der Waals surface area contributed by atoms with E-state index in [4.69, 9.17) is 4.74 Å². The molecule has 0 aliphatic carbocycles. The molecule has 0 heterocycles. The molecule has 0 saturated heterocycles. The van der Waals surface area contributed by atoms with Gasteiger partial charge in [-0.25, -0.2) is 0 Å². The van der Waals surface area contributed by atoms with Crippen molar-refractivity contribution in [3.05, 3.63) is 12.2 Å². The van der Waals surface area contributed by atoms with E-state index >= 15 is 0 Å². The van der Waals surface area contributed by atoms with Crippen LogP contribution in [0.2, 0.25) is 0 Å². The molecule has 0 fully saturated rings. The number of ether oxygens (including phenoxy) is 1. The fraction of sp³-hybridized carbons (Fsp3) is 0.786. The summed E-state index contributed by atoms with van der Waals surface area (Å²) >= 11 is 0. The first-order valence-corrected chi connectivity index (χ1v) is 6.61. The van der Waals surface area contributed by atoms with Gasteiger partial charge in [0, 0.05) is 6.42 Å². The van der Waals surface area contributed by atoms with Crippen molar-refractivity contribution in [1.29, 1.82) is 0 Å². The lowest BCUT2D eigenvalue weighted by molar-refractivity contribution is -0.143. The highest BCUT2D eigenvalue weighted by atomic mass is 16.5. The normalized spacial score (nSPS) is 10.9. The number of esters is 1. The van der Waals surface area contributed by atoms with Gasteiger partial charge < -0.3 is 4.74 Å². The van der Waals surface area contributed by atoms with E-state index in [-0.39, 0.29) is 5.97 Å². The molecule has 0 amide bonds. The minimum Gasteiger partial charge on any atom is -0.466 e. The van der Waals surface area contributed by atoms with Crippen molar-refractivity contribution in [2.24, 2.45) is 0 Å². The first kappa shape index (κ1) is 15.2. The van der Waals surface area contributed by atoms with Crippen molar-refractivity contribution in [2.45, 2.75) is 65.2 Å². The Hall–Kier alpha value is -0.790. The number of carbonyl (C=O) groups is 1. The SMILES string of the molecule is CCC/C=C/CCCCC(=O)OCCCC. The molecule has 0 aliphatic rings. The average molecular weight is 226 g/mol.